The third-order valence-electron chi connectivity index (χ3n) is 3.34. The maximum Gasteiger partial charge on any atom is 0.0795 e. The molecule has 2 aromatic heterocycles. The molecular formula is C12H16N4S. The molecule has 90 valence electrons. The fraction of sp³-hybridized carbons (Fsp3) is 0.500. The van der Waals surface area contributed by atoms with Gasteiger partial charge in [0.1, 0.15) is 0 Å². The minimum atomic E-state index is 0.480. The molecule has 0 amide bonds. The van der Waals surface area contributed by atoms with Crippen LogP contribution in [-0.4, -0.2) is 26.6 Å². The lowest BCUT2D eigenvalue weighted by molar-refractivity contribution is 0.136. The van der Waals surface area contributed by atoms with Gasteiger partial charge in [0.15, 0.2) is 0 Å². The highest BCUT2D eigenvalue weighted by atomic mass is 32.1. The summed E-state index contributed by atoms with van der Waals surface area (Å²) in [6, 6.07) is 2.57. The minimum Gasteiger partial charge on any atom is -0.289 e. The first-order valence-electron chi connectivity index (χ1n) is 6.04. The first-order chi connectivity index (χ1) is 8.43. The average molecular weight is 248 g/mol. The van der Waals surface area contributed by atoms with Gasteiger partial charge in [-0.1, -0.05) is 6.42 Å². The molecule has 1 fully saturated rings. The Balaban J connectivity index is 1.76. The Bertz CT molecular complexity index is 437. The molecule has 4 nitrogen and oxygen atoms in total. The van der Waals surface area contributed by atoms with Gasteiger partial charge in [-0.05, 0) is 25.5 Å². The smallest absolute Gasteiger partial charge is 0.0795 e. The summed E-state index contributed by atoms with van der Waals surface area (Å²) in [7, 11) is 0. The van der Waals surface area contributed by atoms with Gasteiger partial charge in [-0.25, -0.2) is 4.98 Å². The van der Waals surface area contributed by atoms with Gasteiger partial charge in [0.05, 0.1) is 22.9 Å². The molecule has 0 radical (unpaired) electrons. The second kappa shape index (κ2) is 4.98. The lowest BCUT2D eigenvalue weighted by atomic mass is 9.99. The molecule has 17 heavy (non-hydrogen) atoms. The molecule has 1 N–H and O–H groups in total. The highest BCUT2D eigenvalue weighted by molar-refractivity contribution is 7.07. The lowest BCUT2D eigenvalue weighted by Gasteiger charge is -2.34. The molecule has 5 heteroatoms. The summed E-state index contributed by atoms with van der Waals surface area (Å²) in [5.74, 6) is 0. The Morgan fingerprint density at radius 3 is 3.24 bits per heavy atom. The van der Waals surface area contributed by atoms with Crippen molar-refractivity contribution in [3.8, 4) is 0 Å². The Hall–Kier alpha value is -1.20. The van der Waals surface area contributed by atoms with Crippen LogP contribution in [0.5, 0.6) is 0 Å². The first-order valence-corrected chi connectivity index (χ1v) is 6.98. The Morgan fingerprint density at radius 1 is 1.47 bits per heavy atom. The summed E-state index contributed by atoms with van der Waals surface area (Å²) < 4.78 is 0. The standard InChI is InChI=1S/C12H16N4S/c1-2-6-16(7-10-8-17-9-13-10)12(3-1)11-4-5-14-15-11/h4-5,8-9,12H,1-3,6-7H2,(H,14,15)/t12-/m0/s1. The van der Waals surface area contributed by atoms with Crippen molar-refractivity contribution in [2.75, 3.05) is 6.54 Å². The van der Waals surface area contributed by atoms with Crippen LogP contribution in [-0.2, 0) is 6.54 Å². The molecule has 0 aliphatic carbocycles. The molecule has 0 spiro atoms. The predicted molar refractivity (Wildman–Crippen MR) is 67.7 cm³/mol. The Morgan fingerprint density at radius 2 is 2.47 bits per heavy atom. The molecule has 0 saturated carbocycles. The SMILES string of the molecule is c1cc([C@@H]2CCCCN2Cc2cscn2)[nH]n1. The van der Waals surface area contributed by atoms with Crippen LogP contribution in [0.3, 0.4) is 0 Å². The van der Waals surface area contributed by atoms with Gasteiger partial charge >= 0.3 is 0 Å². The van der Waals surface area contributed by atoms with E-state index in [1.165, 1.54) is 30.7 Å². The van der Waals surface area contributed by atoms with Crippen LogP contribution >= 0.6 is 11.3 Å². The monoisotopic (exact) mass is 248 g/mol. The number of H-pyrrole nitrogens is 1. The van der Waals surface area contributed by atoms with Gasteiger partial charge in [0, 0.05) is 18.1 Å². The second-order valence-corrected chi connectivity index (χ2v) is 5.19. The lowest BCUT2D eigenvalue weighted by Crippen LogP contribution is -2.33. The summed E-state index contributed by atoms with van der Waals surface area (Å²) in [5, 5.41) is 9.31. The Kier molecular flexibility index (Phi) is 3.20. The van der Waals surface area contributed by atoms with E-state index in [1.54, 1.807) is 11.3 Å². The maximum atomic E-state index is 4.38. The zero-order chi connectivity index (χ0) is 11.5. The summed E-state index contributed by atoms with van der Waals surface area (Å²) in [6.07, 6.45) is 5.64. The minimum absolute atomic E-state index is 0.480. The summed E-state index contributed by atoms with van der Waals surface area (Å²) in [4.78, 5) is 6.88. The highest BCUT2D eigenvalue weighted by Gasteiger charge is 2.25. The summed E-state index contributed by atoms with van der Waals surface area (Å²) in [6.45, 7) is 2.11. The van der Waals surface area contributed by atoms with Crippen molar-refractivity contribution in [3.63, 3.8) is 0 Å². The van der Waals surface area contributed by atoms with Crippen molar-refractivity contribution < 1.29 is 0 Å². The number of nitrogens with one attached hydrogen (secondary N) is 1. The van der Waals surface area contributed by atoms with Crippen LogP contribution in [0, 0.1) is 0 Å². The number of rotatable bonds is 3. The van der Waals surface area contributed by atoms with Gasteiger partial charge in [-0.15, -0.1) is 11.3 Å². The summed E-state index contributed by atoms with van der Waals surface area (Å²) in [5.41, 5.74) is 4.33. The van der Waals surface area contributed by atoms with Gasteiger partial charge in [-0.3, -0.25) is 10.00 Å². The summed E-state index contributed by atoms with van der Waals surface area (Å²) >= 11 is 1.67. The molecule has 1 saturated heterocycles. The topological polar surface area (TPSA) is 44.8 Å². The maximum absolute atomic E-state index is 4.38. The molecule has 2 aromatic rings. The van der Waals surface area contributed by atoms with Gasteiger partial charge in [0.2, 0.25) is 0 Å². The van der Waals surface area contributed by atoms with E-state index >= 15 is 0 Å². The predicted octanol–water partition coefficient (Wildman–Crippen LogP) is 2.59. The molecule has 3 heterocycles. The number of aromatic nitrogens is 3. The average Bonchev–Trinajstić information content (AvgIpc) is 3.01. The highest BCUT2D eigenvalue weighted by Crippen LogP contribution is 2.30. The third kappa shape index (κ3) is 2.40. The number of hydrogen-bond donors (Lipinski definition) is 1. The van der Waals surface area contributed by atoms with Crippen LogP contribution < -0.4 is 0 Å². The van der Waals surface area contributed by atoms with E-state index in [1.807, 2.05) is 11.7 Å². The van der Waals surface area contributed by atoms with Crippen molar-refractivity contribution in [3.05, 3.63) is 34.5 Å². The molecule has 1 aliphatic rings. The number of likely N-dealkylation sites (tertiary alicyclic amines) is 1. The van der Waals surface area contributed by atoms with Crippen LogP contribution in [0.4, 0.5) is 0 Å². The normalized spacial score (nSPS) is 21.8. The number of hydrogen-bond acceptors (Lipinski definition) is 4. The fourth-order valence-electron chi connectivity index (χ4n) is 2.51. The third-order valence-corrected chi connectivity index (χ3v) is 3.98. The molecule has 0 aromatic carbocycles. The molecule has 3 rings (SSSR count). The number of thiazole rings is 1. The van der Waals surface area contributed by atoms with E-state index in [0.717, 1.165) is 13.1 Å². The molecule has 1 aliphatic heterocycles. The van der Waals surface area contributed by atoms with Crippen molar-refractivity contribution in [2.24, 2.45) is 0 Å². The van der Waals surface area contributed by atoms with Crippen LogP contribution in [0.1, 0.15) is 36.7 Å². The largest absolute Gasteiger partial charge is 0.289 e. The van der Waals surface area contributed by atoms with E-state index in [0.29, 0.717) is 6.04 Å². The molecule has 0 unspecified atom stereocenters. The van der Waals surface area contributed by atoms with Crippen molar-refractivity contribution in [1.29, 1.82) is 0 Å². The zero-order valence-corrected chi connectivity index (χ0v) is 10.5. The zero-order valence-electron chi connectivity index (χ0n) is 9.67. The fourth-order valence-corrected chi connectivity index (χ4v) is 3.06. The first kappa shape index (κ1) is 10.9. The number of piperidine rings is 1. The van der Waals surface area contributed by atoms with E-state index < -0.39 is 0 Å². The van der Waals surface area contributed by atoms with Crippen LogP contribution in [0.2, 0.25) is 0 Å². The number of aromatic amines is 1. The van der Waals surface area contributed by atoms with Crippen LogP contribution in [0.15, 0.2) is 23.2 Å². The van der Waals surface area contributed by atoms with Gasteiger partial charge in [0.25, 0.3) is 0 Å². The van der Waals surface area contributed by atoms with Crippen molar-refractivity contribution >= 4 is 11.3 Å². The quantitative estimate of drug-likeness (QED) is 0.908. The van der Waals surface area contributed by atoms with E-state index in [2.05, 4.69) is 31.5 Å². The van der Waals surface area contributed by atoms with Gasteiger partial charge in [-0.2, -0.15) is 5.10 Å². The molecule has 1 atom stereocenters. The van der Waals surface area contributed by atoms with Crippen molar-refractivity contribution in [1.82, 2.24) is 20.1 Å². The van der Waals surface area contributed by atoms with E-state index in [-0.39, 0.29) is 0 Å². The van der Waals surface area contributed by atoms with Crippen LogP contribution in [0.25, 0.3) is 0 Å². The second-order valence-electron chi connectivity index (χ2n) is 4.47. The number of nitrogens with zero attached hydrogens (tertiary/aromatic N) is 3. The van der Waals surface area contributed by atoms with Gasteiger partial charge < -0.3 is 0 Å². The Labute approximate surface area is 105 Å². The van der Waals surface area contributed by atoms with E-state index in [9.17, 15) is 0 Å². The van der Waals surface area contributed by atoms with Crippen molar-refractivity contribution in [2.45, 2.75) is 31.8 Å². The molecular weight excluding hydrogens is 232 g/mol. The molecule has 0 bridgehead atoms. The van der Waals surface area contributed by atoms with E-state index in [4.69, 9.17) is 0 Å².